The first-order valence-corrected chi connectivity index (χ1v) is 7.09. The van der Waals surface area contributed by atoms with Gasteiger partial charge in [-0.15, -0.1) is 0 Å². The van der Waals surface area contributed by atoms with E-state index in [0.717, 1.165) is 12.1 Å². The lowest BCUT2D eigenvalue weighted by Crippen LogP contribution is -2.03. The zero-order valence-electron chi connectivity index (χ0n) is 10.7. The average Bonchev–Trinajstić information content (AvgIpc) is 2.42. The number of methoxy groups -OCH3 is 1. The third-order valence-electron chi connectivity index (χ3n) is 2.77. The van der Waals surface area contributed by atoms with Gasteiger partial charge in [0, 0.05) is 17.3 Å². The number of hydrogen-bond acceptors (Lipinski definition) is 3. The smallest absolute Gasteiger partial charge is 0.130 e. The number of hydrogen-bond donors (Lipinski definition) is 1. The lowest BCUT2D eigenvalue weighted by Gasteiger charge is -2.09. The van der Waals surface area contributed by atoms with Gasteiger partial charge in [-0.25, -0.2) is 8.78 Å². The molecule has 0 bridgehead atoms. The van der Waals surface area contributed by atoms with Gasteiger partial charge >= 0.3 is 0 Å². The topological polar surface area (TPSA) is 52.3 Å². The molecule has 2 N–H and O–H groups in total. The van der Waals surface area contributed by atoms with E-state index in [-0.39, 0.29) is 11.3 Å². The number of rotatable bonds is 4. The van der Waals surface area contributed by atoms with Crippen LogP contribution in [0.3, 0.4) is 0 Å². The molecule has 0 saturated heterocycles. The molecule has 0 saturated carbocycles. The molecule has 6 heteroatoms. The van der Waals surface area contributed by atoms with Crippen molar-refractivity contribution in [2.45, 2.75) is 10.6 Å². The van der Waals surface area contributed by atoms with Crippen molar-refractivity contribution in [3.05, 3.63) is 53.6 Å². The van der Waals surface area contributed by atoms with Gasteiger partial charge in [-0.1, -0.05) is 6.07 Å². The van der Waals surface area contributed by atoms with Gasteiger partial charge in [0.25, 0.3) is 0 Å². The summed E-state index contributed by atoms with van der Waals surface area (Å²) in [6.07, 6.45) is 0. The van der Waals surface area contributed by atoms with Crippen molar-refractivity contribution in [3.63, 3.8) is 0 Å². The monoisotopic (exact) mass is 297 g/mol. The molecule has 0 fully saturated rings. The van der Waals surface area contributed by atoms with Crippen molar-refractivity contribution in [2.24, 2.45) is 0 Å². The Morgan fingerprint density at radius 1 is 1.20 bits per heavy atom. The van der Waals surface area contributed by atoms with E-state index in [2.05, 4.69) is 0 Å². The first kappa shape index (κ1) is 14.5. The summed E-state index contributed by atoms with van der Waals surface area (Å²) in [5, 5.41) is 0. The van der Waals surface area contributed by atoms with Gasteiger partial charge in [0.05, 0.1) is 28.6 Å². The maximum Gasteiger partial charge on any atom is 0.130 e. The highest BCUT2D eigenvalue weighted by atomic mass is 32.2. The van der Waals surface area contributed by atoms with E-state index >= 15 is 0 Å². The maximum absolute atomic E-state index is 13.5. The van der Waals surface area contributed by atoms with E-state index in [1.807, 2.05) is 0 Å². The standard InChI is InChI=1S/C14H13F2NO2S/c1-19-11-4-5-13(17)14(7-11)20(18)8-9-2-3-10(15)6-12(9)16/h2-7H,8,17H2,1H3. The summed E-state index contributed by atoms with van der Waals surface area (Å²) >= 11 is 0. The van der Waals surface area contributed by atoms with Crippen LogP contribution in [0.5, 0.6) is 5.75 Å². The molecule has 0 aliphatic heterocycles. The molecule has 0 aromatic heterocycles. The van der Waals surface area contributed by atoms with Crippen LogP contribution in [-0.2, 0) is 16.6 Å². The highest BCUT2D eigenvalue weighted by Gasteiger charge is 2.13. The normalized spacial score (nSPS) is 12.2. The molecule has 2 aromatic carbocycles. The van der Waals surface area contributed by atoms with E-state index in [9.17, 15) is 13.0 Å². The Hall–Kier alpha value is -1.95. The van der Waals surface area contributed by atoms with Crippen LogP contribution in [0.2, 0.25) is 0 Å². The Labute approximate surface area is 117 Å². The molecule has 106 valence electrons. The van der Waals surface area contributed by atoms with Crippen LogP contribution in [0.25, 0.3) is 0 Å². The van der Waals surface area contributed by atoms with E-state index in [1.165, 1.54) is 13.2 Å². The van der Waals surface area contributed by atoms with E-state index in [4.69, 9.17) is 10.5 Å². The largest absolute Gasteiger partial charge is 0.497 e. The minimum atomic E-state index is -1.54. The minimum Gasteiger partial charge on any atom is -0.497 e. The Morgan fingerprint density at radius 3 is 2.60 bits per heavy atom. The summed E-state index contributed by atoms with van der Waals surface area (Å²) < 4.78 is 43.7. The Bertz CT molecular complexity index is 662. The van der Waals surface area contributed by atoms with Gasteiger partial charge in [0.15, 0.2) is 0 Å². The second-order valence-electron chi connectivity index (χ2n) is 4.13. The highest BCUT2D eigenvalue weighted by molar-refractivity contribution is 7.84. The van der Waals surface area contributed by atoms with E-state index in [1.54, 1.807) is 18.2 Å². The van der Waals surface area contributed by atoms with Crippen molar-refractivity contribution >= 4 is 16.5 Å². The van der Waals surface area contributed by atoms with Crippen molar-refractivity contribution in [2.75, 3.05) is 12.8 Å². The van der Waals surface area contributed by atoms with E-state index < -0.39 is 22.4 Å². The van der Waals surface area contributed by atoms with Crippen LogP contribution in [-0.4, -0.2) is 11.3 Å². The second-order valence-corrected chi connectivity index (χ2v) is 5.55. The molecule has 0 aliphatic rings. The summed E-state index contributed by atoms with van der Waals surface area (Å²) in [4.78, 5) is 0.369. The molecule has 1 atom stereocenters. The molecule has 0 aliphatic carbocycles. The molecule has 20 heavy (non-hydrogen) atoms. The van der Waals surface area contributed by atoms with E-state index in [0.29, 0.717) is 16.3 Å². The number of halogens is 2. The third kappa shape index (κ3) is 3.14. The Balaban J connectivity index is 2.28. The summed E-state index contributed by atoms with van der Waals surface area (Å²) in [6, 6.07) is 7.94. The van der Waals surface area contributed by atoms with Gasteiger partial charge < -0.3 is 10.5 Å². The van der Waals surface area contributed by atoms with Crippen LogP contribution in [0.15, 0.2) is 41.3 Å². The van der Waals surface area contributed by atoms with Gasteiger partial charge in [-0.2, -0.15) is 0 Å². The fraction of sp³-hybridized carbons (Fsp3) is 0.143. The number of benzene rings is 2. The molecule has 0 heterocycles. The van der Waals surface area contributed by atoms with Crippen LogP contribution in [0.4, 0.5) is 14.5 Å². The third-order valence-corrected chi connectivity index (χ3v) is 4.19. The second kappa shape index (κ2) is 6.00. The first-order valence-electron chi connectivity index (χ1n) is 5.77. The van der Waals surface area contributed by atoms with Crippen molar-refractivity contribution < 1.29 is 17.7 Å². The van der Waals surface area contributed by atoms with Gasteiger partial charge in [-0.05, 0) is 24.3 Å². The number of nitrogens with two attached hydrogens (primary N) is 1. The summed E-state index contributed by atoms with van der Waals surface area (Å²) in [5.74, 6) is -0.955. The van der Waals surface area contributed by atoms with Gasteiger partial charge in [0.2, 0.25) is 0 Å². The highest BCUT2D eigenvalue weighted by Crippen LogP contribution is 2.25. The zero-order valence-corrected chi connectivity index (χ0v) is 11.5. The zero-order chi connectivity index (χ0) is 14.7. The summed E-state index contributed by atoms with van der Waals surface area (Å²) in [6.45, 7) is 0. The average molecular weight is 297 g/mol. The molecular weight excluding hydrogens is 284 g/mol. The maximum atomic E-state index is 13.5. The minimum absolute atomic E-state index is 0.0799. The van der Waals surface area contributed by atoms with Crippen LogP contribution in [0, 0.1) is 11.6 Å². The van der Waals surface area contributed by atoms with Crippen LogP contribution >= 0.6 is 0 Å². The molecule has 0 spiro atoms. The van der Waals surface area contributed by atoms with Crippen LogP contribution in [0.1, 0.15) is 5.56 Å². The molecular formula is C14H13F2NO2S. The fourth-order valence-electron chi connectivity index (χ4n) is 1.70. The summed E-state index contributed by atoms with van der Waals surface area (Å²) in [5.41, 5.74) is 6.27. The predicted octanol–water partition coefficient (Wildman–Crippen LogP) is 2.86. The Kier molecular flexibility index (Phi) is 4.34. The fourth-order valence-corrected chi connectivity index (χ4v) is 2.95. The number of anilines is 1. The Morgan fingerprint density at radius 2 is 1.95 bits per heavy atom. The molecule has 1 unspecified atom stereocenters. The first-order chi connectivity index (χ1) is 9.51. The predicted molar refractivity (Wildman–Crippen MR) is 73.9 cm³/mol. The number of nitrogen functional groups attached to an aromatic ring is 1. The van der Waals surface area contributed by atoms with Gasteiger partial charge in [-0.3, -0.25) is 4.21 Å². The molecule has 2 rings (SSSR count). The molecule has 2 aromatic rings. The van der Waals surface area contributed by atoms with Gasteiger partial charge in [0.1, 0.15) is 17.4 Å². The van der Waals surface area contributed by atoms with Crippen molar-refractivity contribution in [1.29, 1.82) is 0 Å². The van der Waals surface area contributed by atoms with Crippen LogP contribution < -0.4 is 10.5 Å². The lowest BCUT2D eigenvalue weighted by molar-refractivity contribution is 0.413. The number of ether oxygens (including phenoxy) is 1. The van der Waals surface area contributed by atoms with Crippen molar-refractivity contribution in [1.82, 2.24) is 0 Å². The molecule has 0 amide bonds. The molecule has 0 radical (unpaired) electrons. The lowest BCUT2D eigenvalue weighted by atomic mass is 10.2. The summed E-state index contributed by atoms with van der Waals surface area (Å²) in [7, 11) is -0.0582. The van der Waals surface area contributed by atoms with Crippen molar-refractivity contribution in [3.8, 4) is 5.75 Å². The quantitative estimate of drug-likeness (QED) is 0.883. The SMILES string of the molecule is COc1ccc(N)c(S(=O)Cc2ccc(F)cc2F)c1. The molecule has 3 nitrogen and oxygen atoms in total.